The van der Waals surface area contributed by atoms with Crippen LogP contribution in [0.1, 0.15) is 21.6 Å². The molecule has 4 aromatic rings. The third-order valence-corrected chi connectivity index (χ3v) is 5.37. The number of hydrogen-bond donors (Lipinski definition) is 2. The van der Waals surface area contributed by atoms with Crippen LogP contribution in [0.4, 0.5) is 18.3 Å². The maximum Gasteiger partial charge on any atom is 0.416 e. The summed E-state index contributed by atoms with van der Waals surface area (Å²) in [5.74, 6) is -0.199. The van der Waals surface area contributed by atoms with Crippen LogP contribution < -0.4 is 5.32 Å². The zero-order chi connectivity index (χ0) is 20.4. The molecule has 2 aromatic heterocycles. The molecule has 8 heteroatoms. The third-order valence-electron chi connectivity index (χ3n) is 4.46. The van der Waals surface area contributed by atoms with Gasteiger partial charge in [0.25, 0.3) is 0 Å². The Labute approximate surface area is 168 Å². The van der Waals surface area contributed by atoms with Gasteiger partial charge in [-0.1, -0.05) is 36.4 Å². The first-order valence-corrected chi connectivity index (χ1v) is 9.66. The summed E-state index contributed by atoms with van der Waals surface area (Å²) in [6.07, 6.45) is -0.463. The monoisotopic (exact) mass is 415 g/mol. The number of carbonyl (C=O) groups is 1. The third kappa shape index (κ3) is 4.48. The van der Waals surface area contributed by atoms with Gasteiger partial charge >= 0.3 is 6.18 Å². The van der Waals surface area contributed by atoms with E-state index < -0.39 is 11.7 Å². The maximum absolute atomic E-state index is 12.8. The lowest BCUT2D eigenvalue weighted by molar-refractivity contribution is -0.137. The summed E-state index contributed by atoms with van der Waals surface area (Å²) in [5.41, 5.74) is 1.72. The largest absolute Gasteiger partial charge is 0.416 e. The number of aromatic nitrogens is 2. The second kappa shape index (κ2) is 7.71. The SMILES string of the molecule is O=C(Cc1c[nH]c2ccccc12)Nc1ncc(Cc2cccc(C(F)(F)F)c2)s1. The van der Waals surface area contributed by atoms with E-state index in [9.17, 15) is 18.0 Å². The van der Waals surface area contributed by atoms with Crippen LogP contribution in [0.2, 0.25) is 0 Å². The summed E-state index contributed by atoms with van der Waals surface area (Å²) < 4.78 is 38.5. The van der Waals surface area contributed by atoms with E-state index in [4.69, 9.17) is 0 Å². The highest BCUT2D eigenvalue weighted by Crippen LogP contribution is 2.30. The molecule has 0 atom stereocenters. The minimum absolute atomic E-state index is 0.199. The van der Waals surface area contributed by atoms with Crippen molar-refractivity contribution in [2.75, 3.05) is 5.32 Å². The van der Waals surface area contributed by atoms with Crippen molar-refractivity contribution in [3.05, 3.63) is 82.5 Å². The standard InChI is InChI=1S/C21H16F3N3OS/c22-21(23,24)15-5-3-4-13(8-15)9-16-12-26-20(29-16)27-19(28)10-14-11-25-18-7-2-1-6-17(14)18/h1-8,11-12,25H,9-10H2,(H,26,27,28). The van der Waals surface area contributed by atoms with E-state index in [1.165, 1.54) is 17.4 Å². The molecule has 0 aliphatic carbocycles. The van der Waals surface area contributed by atoms with Gasteiger partial charge in [0.05, 0.1) is 12.0 Å². The summed E-state index contributed by atoms with van der Waals surface area (Å²) in [5, 5.41) is 4.18. The second-order valence-electron chi connectivity index (χ2n) is 6.59. The molecule has 0 radical (unpaired) electrons. The van der Waals surface area contributed by atoms with Crippen LogP contribution in [0.3, 0.4) is 0 Å². The number of H-pyrrole nitrogens is 1. The molecule has 29 heavy (non-hydrogen) atoms. The molecular weight excluding hydrogens is 399 g/mol. The molecule has 0 unspecified atom stereocenters. The quantitative estimate of drug-likeness (QED) is 0.458. The average Bonchev–Trinajstić information content (AvgIpc) is 3.28. The number of alkyl halides is 3. The molecule has 4 rings (SSSR count). The number of thiazole rings is 1. The molecule has 0 spiro atoms. The smallest absolute Gasteiger partial charge is 0.361 e. The van der Waals surface area contributed by atoms with E-state index in [-0.39, 0.29) is 12.3 Å². The van der Waals surface area contributed by atoms with Gasteiger partial charge in [0, 0.05) is 34.6 Å². The molecule has 0 bridgehead atoms. The summed E-state index contributed by atoms with van der Waals surface area (Å²) in [6.45, 7) is 0. The summed E-state index contributed by atoms with van der Waals surface area (Å²) in [4.78, 5) is 20.4. The summed E-state index contributed by atoms with van der Waals surface area (Å²) in [7, 11) is 0. The lowest BCUT2D eigenvalue weighted by Crippen LogP contribution is -2.13. The number of anilines is 1. The van der Waals surface area contributed by atoms with Crippen molar-refractivity contribution in [2.24, 2.45) is 0 Å². The summed E-state index contributed by atoms with van der Waals surface area (Å²) >= 11 is 1.25. The van der Waals surface area contributed by atoms with Crippen LogP contribution in [0, 0.1) is 0 Å². The van der Waals surface area contributed by atoms with Gasteiger partial charge in [0.2, 0.25) is 5.91 Å². The number of nitrogens with zero attached hydrogens (tertiary/aromatic N) is 1. The maximum atomic E-state index is 12.8. The molecular formula is C21H16F3N3OS. The fraction of sp³-hybridized carbons (Fsp3) is 0.143. The first-order chi connectivity index (χ1) is 13.9. The van der Waals surface area contributed by atoms with Crippen LogP contribution in [-0.2, 0) is 23.8 Å². The second-order valence-corrected chi connectivity index (χ2v) is 7.71. The number of halogens is 3. The number of benzene rings is 2. The van der Waals surface area contributed by atoms with Crippen LogP contribution in [0.5, 0.6) is 0 Å². The first kappa shape index (κ1) is 19.2. The highest BCUT2D eigenvalue weighted by Gasteiger charge is 2.30. The van der Waals surface area contributed by atoms with Crippen LogP contribution in [-0.4, -0.2) is 15.9 Å². The van der Waals surface area contributed by atoms with E-state index in [0.717, 1.165) is 33.5 Å². The lowest BCUT2D eigenvalue weighted by Gasteiger charge is -2.07. The van der Waals surface area contributed by atoms with Crippen LogP contribution in [0.25, 0.3) is 10.9 Å². The molecule has 4 nitrogen and oxygen atoms in total. The number of nitrogens with one attached hydrogen (secondary N) is 2. The van der Waals surface area contributed by atoms with Crippen molar-refractivity contribution in [1.29, 1.82) is 0 Å². The Morgan fingerprint density at radius 2 is 1.97 bits per heavy atom. The Morgan fingerprint density at radius 3 is 2.79 bits per heavy atom. The lowest BCUT2D eigenvalue weighted by atomic mass is 10.1. The Bertz CT molecular complexity index is 1160. The minimum Gasteiger partial charge on any atom is -0.361 e. The number of fused-ring (bicyclic) bond motifs is 1. The Morgan fingerprint density at radius 1 is 1.14 bits per heavy atom. The van der Waals surface area contributed by atoms with E-state index in [1.54, 1.807) is 12.3 Å². The highest BCUT2D eigenvalue weighted by atomic mass is 32.1. The van der Waals surface area contributed by atoms with Crippen molar-refractivity contribution in [2.45, 2.75) is 19.0 Å². The fourth-order valence-corrected chi connectivity index (χ4v) is 3.98. The van der Waals surface area contributed by atoms with Gasteiger partial charge in [-0.2, -0.15) is 13.2 Å². The molecule has 0 fully saturated rings. The van der Waals surface area contributed by atoms with Gasteiger partial charge in [0.1, 0.15) is 0 Å². The van der Waals surface area contributed by atoms with E-state index in [0.29, 0.717) is 17.1 Å². The molecule has 0 aliphatic rings. The van der Waals surface area contributed by atoms with Gasteiger partial charge in [-0.3, -0.25) is 4.79 Å². The van der Waals surface area contributed by atoms with Gasteiger partial charge in [-0.25, -0.2) is 4.98 Å². The van der Waals surface area contributed by atoms with Gasteiger partial charge in [0.15, 0.2) is 5.13 Å². The average molecular weight is 415 g/mol. The Kier molecular flexibility index (Phi) is 5.10. The van der Waals surface area contributed by atoms with E-state index in [1.807, 2.05) is 30.5 Å². The zero-order valence-electron chi connectivity index (χ0n) is 15.1. The van der Waals surface area contributed by atoms with Crippen molar-refractivity contribution in [3.8, 4) is 0 Å². The number of para-hydroxylation sites is 1. The molecule has 0 aliphatic heterocycles. The molecule has 0 saturated heterocycles. The van der Waals surface area contributed by atoms with Crippen molar-refractivity contribution in [3.63, 3.8) is 0 Å². The number of rotatable bonds is 5. The Balaban J connectivity index is 1.41. The van der Waals surface area contributed by atoms with E-state index >= 15 is 0 Å². The first-order valence-electron chi connectivity index (χ1n) is 8.84. The molecule has 2 heterocycles. The molecule has 1 amide bonds. The van der Waals surface area contributed by atoms with E-state index in [2.05, 4.69) is 15.3 Å². The molecule has 148 valence electrons. The number of hydrogen-bond acceptors (Lipinski definition) is 3. The highest BCUT2D eigenvalue weighted by molar-refractivity contribution is 7.15. The normalized spacial score (nSPS) is 11.7. The van der Waals surface area contributed by atoms with Crippen molar-refractivity contribution >= 4 is 33.3 Å². The van der Waals surface area contributed by atoms with Crippen molar-refractivity contribution < 1.29 is 18.0 Å². The van der Waals surface area contributed by atoms with Crippen LogP contribution in [0.15, 0.2) is 60.9 Å². The van der Waals surface area contributed by atoms with Crippen molar-refractivity contribution in [1.82, 2.24) is 9.97 Å². The molecule has 2 aromatic carbocycles. The number of aromatic amines is 1. The van der Waals surface area contributed by atoms with Gasteiger partial charge in [-0.15, -0.1) is 11.3 Å². The number of carbonyl (C=O) groups excluding carboxylic acids is 1. The topological polar surface area (TPSA) is 57.8 Å². The predicted molar refractivity (Wildman–Crippen MR) is 107 cm³/mol. The number of amides is 1. The summed E-state index contributed by atoms with van der Waals surface area (Å²) in [6, 6.07) is 12.9. The molecule has 2 N–H and O–H groups in total. The molecule has 0 saturated carbocycles. The van der Waals surface area contributed by atoms with Gasteiger partial charge in [-0.05, 0) is 23.3 Å². The van der Waals surface area contributed by atoms with Crippen LogP contribution >= 0.6 is 11.3 Å². The Hall–Kier alpha value is -3.13. The minimum atomic E-state index is -4.37. The zero-order valence-corrected chi connectivity index (χ0v) is 15.9. The van der Waals surface area contributed by atoms with Gasteiger partial charge < -0.3 is 10.3 Å². The predicted octanol–water partition coefficient (Wildman–Crippen LogP) is 5.42. The fourth-order valence-electron chi connectivity index (χ4n) is 3.12.